The molecule has 0 bridgehead atoms. The lowest BCUT2D eigenvalue weighted by molar-refractivity contribution is -0.137. The highest BCUT2D eigenvalue weighted by atomic mass is 32.2. The summed E-state index contributed by atoms with van der Waals surface area (Å²) < 4.78 is 0. The number of rotatable bonds is 4. The van der Waals surface area contributed by atoms with Crippen LogP contribution in [0.4, 0.5) is 0 Å². The molecule has 0 fully saturated rings. The monoisotopic (exact) mass is 229 g/mol. The SMILES string of the molecule is CC(C)C1=CSCC(=O)N1CCC(=O)O. The van der Waals surface area contributed by atoms with Gasteiger partial charge in [0.25, 0.3) is 0 Å². The van der Waals surface area contributed by atoms with Crippen LogP contribution in [0.2, 0.25) is 0 Å². The number of carboxylic acid groups (broad SMARTS) is 1. The summed E-state index contributed by atoms with van der Waals surface area (Å²) in [7, 11) is 0. The van der Waals surface area contributed by atoms with E-state index in [0.717, 1.165) is 5.70 Å². The minimum Gasteiger partial charge on any atom is -0.481 e. The van der Waals surface area contributed by atoms with Gasteiger partial charge in [-0.05, 0) is 11.3 Å². The molecule has 0 radical (unpaired) electrons. The van der Waals surface area contributed by atoms with Gasteiger partial charge in [0.1, 0.15) is 0 Å². The first-order chi connectivity index (χ1) is 7.02. The minimum absolute atomic E-state index is 0.000463. The fourth-order valence-corrected chi connectivity index (χ4v) is 2.34. The van der Waals surface area contributed by atoms with Gasteiger partial charge in [0.05, 0.1) is 12.2 Å². The van der Waals surface area contributed by atoms with E-state index in [1.54, 1.807) is 4.90 Å². The van der Waals surface area contributed by atoms with E-state index in [0.29, 0.717) is 5.75 Å². The van der Waals surface area contributed by atoms with Crippen LogP contribution in [-0.2, 0) is 9.59 Å². The molecular formula is C10H15NO3S. The number of thioether (sulfide) groups is 1. The van der Waals surface area contributed by atoms with Gasteiger partial charge < -0.3 is 10.0 Å². The van der Waals surface area contributed by atoms with Gasteiger partial charge in [0, 0.05) is 12.2 Å². The summed E-state index contributed by atoms with van der Waals surface area (Å²) in [5.41, 5.74) is 0.928. The average molecular weight is 229 g/mol. The quantitative estimate of drug-likeness (QED) is 0.794. The number of aliphatic carboxylic acids is 1. The summed E-state index contributed by atoms with van der Waals surface area (Å²) in [5, 5.41) is 10.5. The number of hydrogen-bond acceptors (Lipinski definition) is 3. The summed E-state index contributed by atoms with van der Waals surface area (Å²) in [6, 6.07) is 0. The first-order valence-electron chi connectivity index (χ1n) is 4.86. The second-order valence-electron chi connectivity index (χ2n) is 3.70. The molecule has 1 amide bonds. The summed E-state index contributed by atoms with van der Waals surface area (Å²) in [5.74, 6) is -0.206. The molecule has 0 saturated heterocycles. The van der Waals surface area contributed by atoms with E-state index in [1.165, 1.54) is 11.8 Å². The Hall–Kier alpha value is -0.970. The van der Waals surface area contributed by atoms with Gasteiger partial charge in [0.15, 0.2) is 0 Å². The number of amides is 1. The summed E-state index contributed by atoms with van der Waals surface area (Å²) in [6.07, 6.45) is 0.000463. The number of carbonyl (C=O) groups is 2. The van der Waals surface area contributed by atoms with Gasteiger partial charge in [-0.2, -0.15) is 0 Å². The molecule has 0 aromatic rings. The van der Waals surface area contributed by atoms with Gasteiger partial charge >= 0.3 is 5.97 Å². The molecule has 15 heavy (non-hydrogen) atoms. The largest absolute Gasteiger partial charge is 0.481 e. The second-order valence-corrected chi connectivity index (χ2v) is 4.56. The van der Waals surface area contributed by atoms with Crippen molar-refractivity contribution in [3.8, 4) is 0 Å². The predicted molar refractivity (Wildman–Crippen MR) is 59.3 cm³/mol. The molecular weight excluding hydrogens is 214 g/mol. The first-order valence-corrected chi connectivity index (χ1v) is 5.91. The van der Waals surface area contributed by atoms with Gasteiger partial charge in [0.2, 0.25) is 5.91 Å². The summed E-state index contributed by atoms with van der Waals surface area (Å²) >= 11 is 1.48. The molecule has 0 saturated carbocycles. The van der Waals surface area contributed by atoms with E-state index in [4.69, 9.17) is 5.11 Å². The molecule has 1 aliphatic rings. The van der Waals surface area contributed by atoms with Crippen molar-refractivity contribution >= 4 is 23.6 Å². The van der Waals surface area contributed by atoms with E-state index in [1.807, 2.05) is 19.3 Å². The van der Waals surface area contributed by atoms with Crippen LogP contribution in [0.3, 0.4) is 0 Å². The molecule has 0 atom stereocenters. The number of carbonyl (C=O) groups excluding carboxylic acids is 1. The second kappa shape index (κ2) is 5.21. The number of allylic oxidation sites excluding steroid dienone is 1. The zero-order chi connectivity index (χ0) is 11.4. The standard InChI is InChI=1S/C10H15NO3S/c1-7(2)8-5-15-6-9(12)11(8)4-3-10(13)14/h5,7H,3-4,6H2,1-2H3,(H,13,14). The van der Waals surface area contributed by atoms with Crippen LogP contribution < -0.4 is 0 Å². The fourth-order valence-electron chi connectivity index (χ4n) is 1.39. The third-order valence-electron chi connectivity index (χ3n) is 2.16. The van der Waals surface area contributed by atoms with E-state index in [2.05, 4.69) is 0 Å². The molecule has 0 aromatic heterocycles. The molecule has 1 rings (SSSR count). The topological polar surface area (TPSA) is 57.6 Å². The molecule has 5 heteroatoms. The zero-order valence-corrected chi connectivity index (χ0v) is 9.71. The van der Waals surface area contributed by atoms with E-state index in [-0.39, 0.29) is 24.8 Å². The number of nitrogens with zero attached hydrogens (tertiary/aromatic N) is 1. The summed E-state index contributed by atoms with van der Waals surface area (Å²) in [6.45, 7) is 4.27. The Kier molecular flexibility index (Phi) is 4.20. The molecule has 1 N–H and O–H groups in total. The smallest absolute Gasteiger partial charge is 0.305 e. The first kappa shape index (κ1) is 12.1. The highest BCUT2D eigenvalue weighted by Crippen LogP contribution is 2.25. The molecule has 4 nitrogen and oxygen atoms in total. The van der Waals surface area contributed by atoms with Crippen LogP contribution in [-0.4, -0.2) is 34.2 Å². The van der Waals surface area contributed by atoms with Crippen molar-refractivity contribution in [3.63, 3.8) is 0 Å². The van der Waals surface area contributed by atoms with Crippen molar-refractivity contribution in [1.82, 2.24) is 4.90 Å². The van der Waals surface area contributed by atoms with Crippen molar-refractivity contribution in [3.05, 3.63) is 11.1 Å². The van der Waals surface area contributed by atoms with Crippen LogP contribution in [0.5, 0.6) is 0 Å². The Labute approximate surface area is 93.3 Å². The van der Waals surface area contributed by atoms with Crippen molar-refractivity contribution in [2.24, 2.45) is 5.92 Å². The molecule has 0 aromatic carbocycles. The van der Waals surface area contributed by atoms with Crippen molar-refractivity contribution < 1.29 is 14.7 Å². The molecule has 0 aliphatic carbocycles. The van der Waals surface area contributed by atoms with Gasteiger partial charge in [-0.25, -0.2) is 0 Å². The van der Waals surface area contributed by atoms with Gasteiger partial charge in [-0.1, -0.05) is 13.8 Å². The third-order valence-corrected chi connectivity index (χ3v) is 2.99. The maximum atomic E-state index is 11.6. The molecule has 0 spiro atoms. The molecule has 84 valence electrons. The highest BCUT2D eigenvalue weighted by molar-refractivity contribution is 8.02. The maximum Gasteiger partial charge on any atom is 0.305 e. The Bertz CT molecular complexity index is 299. The summed E-state index contributed by atoms with van der Waals surface area (Å²) in [4.78, 5) is 23.6. The van der Waals surface area contributed by atoms with Crippen LogP contribution in [0.15, 0.2) is 11.1 Å². The van der Waals surface area contributed by atoms with Gasteiger partial charge in [-0.15, -0.1) is 11.8 Å². The van der Waals surface area contributed by atoms with E-state index in [9.17, 15) is 9.59 Å². The van der Waals surface area contributed by atoms with Crippen LogP contribution >= 0.6 is 11.8 Å². The predicted octanol–water partition coefficient (Wildman–Crippen LogP) is 1.53. The number of hydrogen-bond donors (Lipinski definition) is 1. The average Bonchev–Trinajstić information content (AvgIpc) is 2.15. The third kappa shape index (κ3) is 3.27. The highest BCUT2D eigenvalue weighted by Gasteiger charge is 2.24. The zero-order valence-electron chi connectivity index (χ0n) is 8.90. The maximum absolute atomic E-state index is 11.6. The lowest BCUT2D eigenvalue weighted by atomic mass is 10.1. The van der Waals surface area contributed by atoms with E-state index >= 15 is 0 Å². The van der Waals surface area contributed by atoms with E-state index < -0.39 is 5.97 Å². The minimum atomic E-state index is -0.871. The Morgan fingerprint density at radius 2 is 2.33 bits per heavy atom. The van der Waals surface area contributed by atoms with Crippen molar-refractivity contribution in [1.29, 1.82) is 0 Å². The lowest BCUT2D eigenvalue weighted by Gasteiger charge is -2.30. The Morgan fingerprint density at radius 1 is 1.67 bits per heavy atom. The van der Waals surface area contributed by atoms with Crippen molar-refractivity contribution in [2.45, 2.75) is 20.3 Å². The molecule has 1 heterocycles. The number of carboxylic acids is 1. The van der Waals surface area contributed by atoms with Crippen molar-refractivity contribution in [2.75, 3.05) is 12.3 Å². The molecule has 0 unspecified atom stereocenters. The van der Waals surface area contributed by atoms with Crippen LogP contribution in [0.25, 0.3) is 0 Å². The Morgan fingerprint density at radius 3 is 2.87 bits per heavy atom. The molecule has 1 aliphatic heterocycles. The van der Waals surface area contributed by atoms with Crippen LogP contribution in [0.1, 0.15) is 20.3 Å². The lowest BCUT2D eigenvalue weighted by Crippen LogP contribution is -2.37. The normalized spacial score (nSPS) is 16.9. The fraction of sp³-hybridized carbons (Fsp3) is 0.600. The van der Waals surface area contributed by atoms with Gasteiger partial charge in [-0.3, -0.25) is 9.59 Å². The Balaban J connectivity index is 2.71. The van der Waals surface area contributed by atoms with Crippen LogP contribution in [0, 0.1) is 5.92 Å².